The van der Waals surface area contributed by atoms with Gasteiger partial charge in [-0.3, -0.25) is 0 Å². The molecule has 0 bridgehead atoms. The third-order valence-electron chi connectivity index (χ3n) is 5.39. The van der Waals surface area contributed by atoms with Crippen molar-refractivity contribution in [3.05, 3.63) is 71.8 Å². The van der Waals surface area contributed by atoms with Gasteiger partial charge in [-0.05, 0) is 56.4 Å². The van der Waals surface area contributed by atoms with Gasteiger partial charge in [-0.15, -0.1) is 0 Å². The Kier molecular flexibility index (Phi) is 11.8. The lowest BCUT2D eigenvalue weighted by Crippen LogP contribution is -2.55. The van der Waals surface area contributed by atoms with Crippen LogP contribution in [0.25, 0.3) is 0 Å². The zero-order valence-corrected chi connectivity index (χ0v) is 19.2. The Hall–Kier alpha value is -2.70. The van der Waals surface area contributed by atoms with Gasteiger partial charge in [0, 0.05) is 0 Å². The minimum Gasteiger partial charge on any atom is -0.478 e. The molecule has 0 aliphatic rings. The molecule has 0 saturated carbocycles. The number of rotatable bonds is 6. The van der Waals surface area contributed by atoms with Crippen molar-refractivity contribution in [2.75, 3.05) is 0 Å². The van der Waals surface area contributed by atoms with Gasteiger partial charge in [-0.25, -0.2) is 9.59 Å². The summed E-state index contributed by atoms with van der Waals surface area (Å²) in [5.74, 6) is -1.29. The van der Waals surface area contributed by atoms with E-state index in [-0.39, 0.29) is 5.92 Å². The van der Waals surface area contributed by atoms with E-state index in [1.807, 2.05) is 13.8 Å². The molecule has 0 aliphatic carbocycles. The van der Waals surface area contributed by atoms with Crippen LogP contribution in [0.4, 0.5) is 0 Å². The summed E-state index contributed by atoms with van der Waals surface area (Å²) in [6.45, 7) is 11.4. The van der Waals surface area contributed by atoms with Crippen LogP contribution in [0.2, 0.25) is 0 Å². The van der Waals surface area contributed by atoms with Gasteiger partial charge in [-0.2, -0.15) is 0 Å². The molecule has 0 aliphatic heterocycles. The molecule has 0 radical (unpaired) electrons. The number of carbonyl (C=O) groups is 2. The molecule has 0 aromatic heterocycles. The second kappa shape index (κ2) is 12.9. The van der Waals surface area contributed by atoms with E-state index in [4.69, 9.17) is 10.2 Å². The molecule has 0 saturated heterocycles. The Morgan fingerprint density at radius 3 is 1.23 bits per heavy atom. The van der Waals surface area contributed by atoms with E-state index in [0.29, 0.717) is 23.5 Å². The number of hydrogen-bond acceptors (Lipinski definition) is 4. The lowest BCUT2D eigenvalue weighted by molar-refractivity contribution is -0.170. The van der Waals surface area contributed by atoms with Crippen LogP contribution in [0, 0.1) is 11.8 Å². The molecule has 2 atom stereocenters. The molecule has 31 heavy (non-hydrogen) atoms. The number of benzene rings is 2. The first-order valence-corrected chi connectivity index (χ1v) is 10.3. The van der Waals surface area contributed by atoms with Gasteiger partial charge in [0.05, 0.1) is 22.3 Å². The van der Waals surface area contributed by atoms with E-state index in [1.54, 1.807) is 74.5 Å². The van der Waals surface area contributed by atoms with E-state index in [9.17, 15) is 19.8 Å². The predicted molar refractivity (Wildman–Crippen MR) is 122 cm³/mol. The second-order valence-corrected chi connectivity index (χ2v) is 8.21. The van der Waals surface area contributed by atoms with Crippen molar-refractivity contribution in [2.45, 2.75) is 59.2 Å². The summed E-state index contributed by atoms with van der Waals surface area (Å²) >= 11 is 0. The average Bonchev–Trinajstić information content (AvgIpc) is 2.73. The van der Waals surface area contributed by atoms with Crippen molar-refractivity contribution in [2.24, 2.45) is 11.8 Å². The third kappa shape index (κ3) is 9.32. The van der Waals surface area contributed by atoms with Gasteiger partial charge >= 0.3 is 11.9 Å². The maximum absolute atomic E-state index is 10.3. The summed E-state index contributed by atoms with van der Waals surface area (Å²) in [6, 6.07) is 16.6. The number of aliphatic hydroxyl groups is 2. The molecule has 0 spiro atoms. The van der Waals surface area contributed by atoms with Crippen molar-refractivity contribution >= 4 is 11.9 Å². The van der Waals surface area contributed by atoms with Crippen molar-refractivity contribution in [3.8, 4) is 0 Å². The summed E-state index contributed by atoms with van der Waals surface area (Å²) in [4.78, 5) is 20.4. The Morgan fingerprint density at radius 1 is 0.774 bits per heavy atom. The van der Waals surface area contributed by atoms with Crippen LogP contribution in [0.5, 0.6) is 0 Å². The minimum absolute atomic E-state index is 0.0949. The van der Waals surface area contributed by atoms with Gasteiger partial charge in [0.15, 0.2) is 0 Å². The van der Waals surface area contributed by atoms with Crippen LogP contribution in [0.15, 0.2) is 60.7 Å². The van der Waals surface area contributed by atoms with E-state index in [1.165, 1.54) is 0 Å². The molecule has 2 unspecified atom stereocenters. The summed E-state index contributed by atoms with van der Waals surface area (Å²) in [5.41, 5.74) is -1.36. The first kappa shape index (κ1) is 28.3. The SMILES string of the molecule is CCC(O)(C(C)C(C)C)C(C)(C)O.O=C(O)c1ccccc1.O=C(O)c1ccccc1. The van der Waals surface area contributed by atoms with Gasteiger partial charge in [0.2, 0.25) is 0 Å². The number of carboxylic acids is 2. The maximum atomic E-state index is 10.3. The van der Waals surface area contributed by atoms with Crippen LogP contribution in [0.1, 0.15) is 68.7 Å². The molecule has 4 N–H and O–H groups in total. The maximum Gasteiger partial charge on any atom is 0.335 e. The van der Waals surface area contributed by atoms with Crippen LogP contribution < -0.4 is 0 Å². The highest BCUT2D eigenvalue weighted by Crippen LogP contribution is 2.36. The first-order chi connectivity index (χ1) is 14.3. The molecule has 0 fully saturated rings. The lowest BCUT2D eigenvalue weighted by atomic mass is 9.70. The number of aromatic carboxylic acids is 2. The number of hydrogen-bond donors (Lipinski definition) is 4. The molecular weight excluding hydrogens is 396 g/mol. The van der Waals surface area contributed by atoms with Crippen molar-refractivity contribution in [1.82, 2.24) is 0 Å². The van der Waals surface area contributed by atoms with Crippen LogP contribution >= 0.6 is 0 Å². The highest BCUT2D eigenvalue weighted by Gasteiger charge is 2.45. The van der Waals surface area contributed by atoms with Crippen LogP contribution in [0.3, 0.4) is 0 Å². The van der Waals surface area contributed by atoms with Crippen LogP contribution in [-0.2, 0) is 0 Å². The highest BCUT2D eigenvalue weighted by atomic mass is 16.4. The predicted octanol–water partition coefficient (Wildman–Crippen LogP) is 4.96. The lowest BCUT2D eigenvalue weighted by Gasteiger charge is -2.44. The molecule has 6 heteroatoms. The Labute approximate surface area is 185 Å². The quantitative estimate of drug-likeness (QED) is 0.513. The Bertz CT molecular complexity index is 731. The van der Waals surface area contributed by atoms with Gasteiger partial charge in [-0.1, -0.05) is 64.1 Å². The van der Waals surface area contributed by atoms with Gasteiger partial charge < -0.3 is 20.4 Å². The van der Waals surface area contributed by atoms with Gasteiger partial charge in [0.25, 0.3) is 0 Å². The smallest absolute Gasteiger partial charge is 0.335 e. The van der Waals surface area contributed by atoms with Crippen molar-refractivity contribution < 1.29 is 30.0 Å². The van der Waals surface area contributed by atoms with E-state index >= 15 is 0 Å². The normalized spacial score (nSPS) is 13.6. The summed E-state index contributed by atoms with van der Waals surface area (Å²) < 4.78 is 0. The van der Waals surface area contributed by atoms with E-state index < -0.39 is 23.1 Å². The largest absolute Gasteiger partial charge is 0.478 e. The van der Waals surface area contributed by atoms with Gasteiger partial charge in [0.1, 0.15) is 0 Å². The van der Waals surface area contributed by atoms with Crippen molar-refractivity contribution in [3.63, 3.8) is 0 Å². The molecule has 0 amide bonds. The molecule has 0 heterocycles. The first-order valence-electron chi connectivity index (χ1n) is 10.3. The fourth-order valence-corrected chi connectivity index (χ4v) is 3.02. The standard InChI is InChI=1S/C11H24O2.2C7H6O2/c1-7-11(13,10(5,6)12)9(4)8(2)3;2*8-7(9)6-4-2-1-3-5-6/h8-9,12-13H,7H2,1-6H3;2*1-5H,(H,8,9). The minimum atomic E-state index is -1.04. The Balaban J connectivity index is 0.000000445. The third-order valence-corrected chi connectivity index (χ3v) is 5.39. The fourth-order valence-electron chi connectivity index (χ4n) is 3.02. The van der Waals surface area contributed by atoms with Crippen molar-refractivity contribution in [1.29, 1.82) is 0 Å². The molecular formula is C25H36O6. The zero-order valence-electron chi connectivity index (χ0n) is 19.2. The summed E-state index contributed by atoms with van der Waals surface area (Å²) in [5, 5.41) is 37.0. The topological polar surface area (TPSA) is 115 Å². The molecule has 2 aromatic carbocycles. The summed E-state index contributed by atoms with van der Waals surface area (Å²) in [6.07, 6.45) is 0.579. The fraction of sp³-hybridized carbons (Fsp3) is 0.440. The summed E-state index contributed by atoms with van der Waals surface area (Å²) in [7, 11) is 0. The Morgan fingerprint density at radius 2 is 1.10 bits per heavy atom. The van der Waals surface area contributed by atoms with E-state index in [0.717, 1.165) is 0 Å². The highest BCUT2D eigenvalue weighted by molar-refractivity contribution is 5.87. The molecule has 2 rings (SSSR count). The monoisotopic (exact) mass is 432 g/mol. The molecule has 172 valence electrons. The molecule has 2 aromatic rings. The van der Waals surface area contributed by atoms with E-state index in [2.05, 4.69) is 13.8 Å². The molecule has 6 nitrogen and oxygen atoms in total. The number of carboxylic acid groups (broad SMARTS) is 2. The average molecular weight is 433 g/mol. The second-order valence-electron chi connectivity index (χ2n) is 8.21. The van der Waals surface area contributed by atoms with Crippen LogP contribution in [-0.4, -0.2) is 43.6 Å². The zero-order chi connectivity index (χ0) is 24.2.